The normalized spacial score (nSPS) is 11.1. The van der Waals surface area contributed by atoms with Crippen LogP contribution in [0.25, 0.3) is 35.4 Å². The molecule has 0 atom stereocenters. The van der Waals surface area contributed by atoms with Gasteiger partial charge in [0.1, 0.15) is 23.0 Å². The lowest BCUT2D eigenvalue weighted by Crippen LogP contribution is -1.88. The van der Waals surface area contributed by atoms with Crippen molar-refractivity contribution in [1.29, 1.82) is 0 Å². The zero-order chi connectivity index (χ0) is 25.3. The van der Waals surface area contributed by atoms with Crippen LogP contribution in [0.1, 0.15) is 22.3 Å². The molecule has 4 aromatic carbocycles. The van der Waals surface area contributed by atoms with Gasteiger partial charge in [-0.1, -0.05) is 72.8 Å². The lowest BCUT2D eigenvalue weighted by atomic mass is 10.0. The minimum Gasteiger partial charge on any atom is -0.497 e. The minimum atomic E-state index is 0.769. The summed E-state index contributed by atoms with van der Waals surface area (Å²) in [6.45, 7) is 0. The van der Waals surface area contributed by atoms with E-state index in [9.17, 15) is 0 Å². The van der Waals surface area contributed by atoms with Crippen LogP contribution in [0.3, 0.4) is 0 Å². The van der Waals surface area contributed by atoms with E-state index in [2.05, 4.69) is 72.8 Å². The third-order valence-electron chi connectivity index (χ3n) is 5.84. The highest BCUT2D eigenvalue weighted by molar-refractivity contribution is 5.75. The van der Waals surface area contributed by atoms with Gasteiger partial charge >= 0.3 is 0 Å². The van der Waals surface area contributed by atoms with Crippen LogP contribution in [0.15, 0.2) is 84.9 Å². The zero-order valence-electron chi connectivity index (χ0n) is 21.0. The van der Waals surface area contributed by atoms with Crippen LogP contribution in [-0.4, -0.2) is 28.4 Å². The molecule has 0 heterocycles. The maximum atomic E-state index is 5.35. The van der Waals surface area contributed by atoms with E-state index >= 15 is 0 Å². The first-order valence-corrected chi connectivity index (χ1v) is 11.6. The minimum absolute atomic E-state index is 0.769. The van der Waals surface area contributed by atoms with Crippen molar-refractivity contribution in [3.8, 4) is 34.1 Å². The van der Waals surface area contributed by atoms with Crippen LogP contribution in [0, 0.1) is 0 Å². The largest absolute Gasteiger partial charge is 0.497 e. The number of benzene rings is 4. The highest BCUT2D eigenvalue weighted by atomic mass is 16.5. The first-order chi connectivity index (χ1) is 17.6. The second kappa shape index (κ2) is 11.8. The van der Waals surface area contributed by atoms with Crippen molar-refractivity contribution in [1.82, 2.24) is 0 Å². The fraction of sp³-hybridized carbons (Fsp3) is 0.125. The van der Waals surface area contributed by atoms with E-state index in [0.717, 1.165) is 45.3 Å². The Kier molecular flexibility index (Phi) is 8.09. The monoisotopic (exact) mass is 478 g/mol. The van der Waals surface area contributed by atoms with Crippen LogP contribution in [0.5, 0.6) is 23.0 Å². The third kappa shape index (κ3) is 6.36. The Morgan fingerprint density at radius 2 is 0.639 bits per heavy atom. The van der Waals surface area contributed by atoms with Gasteiger partial charge < -0.3 is 18.9 Å². The van der Waals surface area contributed by atoms with E-state index in [1.807, 2.05) is 36.4 Å². The first-order valence-electron chi connectivity index (χ1n) is 11.6. The fourth-order valence-electron chi connectivity index (χ4n) is 3.81. The summed E-state index contributed by atoms with van der Waals surface area (Å²) < 4.78 is 21.4. The second-order valence-electron chi connectivity index (χ2n) is 8.20. The number of ether oxygens (including phenoxy) is 4. The number of rotatable bonds is 9. The molecular weight excluding hydrogens is 448 g/mol. The predicted molar refractivity (Wildman–Crippen MR) is 149 cm³/mol. The van der Waals surface area contributed by atoms with E-state index in [-0.39, 0.29) is 0 Å². The number of hydrogen-bond acceptors (Lipinski definition) is 4. The molecule has 0 saturated carbocycles. The number of hydrogen-bond donors (Lipinski definition) is 0. The van der Waals surface area contributed by atoms with E-state index in [1.165, 1.54) is 11.1 Å². The molecule has 0 unspecified atom stereocenters. The van der Waals surface area contributed by atoms with Gasteiger partial charge in [0.25, 0.3) is 0 Å². The molecule has 0 radical (unpaired) electrons. The Morgan fingerprint density at radius 1 is 0.361 bits per heavy atom. The van der Waals surface area contributed by atoms with Gasteiger partial charge in [-0.15, -0.1) is 0 Å². The van der Waals surface area contributed by atoms with Gasteiger partial charge in [-0.3, -0.25) is 0 Å². The Bertz CT molecular complexity index is 1200. The van der Waals surface area contributed by atoms with E-state index < -0.39 is 0 Å². The van der Waals surface area contributed by atoms with Gasteiger partial charge in [0, 0.05) is 12.1 Å². The predicted octanol–water partition coefficient (Wildman–Crippen LogP) is 7.73. The summed E-state index contributed by atoms with van der Waals surface area (Å²) in [5, 5.41) is 0. The molecule has 0 N–H and O–H groups in total. The molecule has 36 heavy (non-hydrogen) atoms. The van der Waals surface area contributed by atoms with Crippen LogP contribution in [0.4, 0.5) is 0 Å². The van der Waals surface area contributed by atoms with Gasteiger partial charge in [-0.05, 0) is 57.6 Å². The van der Waals surface area contributed by atoms with Crippen LogP contribution in [0.2, 0.25) is 0 Å². The van der Waals surface area contributed by atoms with Crippen molar-refractivity contribution >= 4 is 24.3 Å². The molecule has 0 aliphatic carbocycles. The summed E-state index contributed by atoms with van der Waals surface area (Å²) in [4.78, 5) is 0. The van der Waals surface area contributed by atoms with Crippen LogP contribution in [-0.2, 0) is 0 Å². The van der Waals surface area contributed by atoms with Crippen molar-refractivity contribution in [3.63, 3.8) is 0 Å². The van der Waals surface area contributed by atoms with Gasteiger partial charge in [0.15, 0.2) is 0 Å². The lowest BCUT2D eigenvalue weighted by Gasteiger charge is -2.06. The average molecular weight is 479 g/mol. The maximum absolute atomic E-state index is 5.35. The summed E-state index contributed by atoms with van der Waals surface area (Å²) in [6.07, 6.45) is 8.27. The molecule has 0 saturated heterocycles. The molecule has 4 heteroatoms. The summed E-state index contributed by atoms with van der Waals surface area (Å²) >= 11 is 0. The topological polar surface area (TPSA) is 36.9 Å². The van der Waals surface area contributed by atoms with E-state index in [4.69, 9.17) is 18.9 Å². The van der Waals surface area contributed by atoms with Gasteiger partial charge in [0.2, 0.25) is 0 Å². The van der Waals surface area contributed by atoms with Gasteiger partial charge in [0.05, 0.1) is 28.4 Å². The molecule has 0 aromatic heterocycles. The van der Waals surface area contributed by atoms with Crippen molar-refractivity contribution in [2.45, 2.75) is 0 Å². The summed E-state index contributed by atoms with van der Waals surface area (Å²) in [5.74, 6) is 3.08. The molecule has 0 spiro atoms. The van der Waals surface area contributed by atoms with Crippen molar-refractivity contribution in [2.24, 2.45) is 0 Å². The Hall–Kier alpha value is -4.44. The van der Waals surface area contributed by atoms with Gasteiger partial charge in [-0.25, -0.2) is 0 Å². The Morgan fingerprint density at radius 3 is 0.917 bits per heavy atom. The average Bonchev–Trinajstić information content (AvgIpc) is 2.95. The van der Waals surface area contributed by atoms with Crippen molar-refractivity contribution in [3.05, 3.63) is 107 Å². The fourth-order valence-corrected chi connectivity index (χ4v) is 3.81. The van der Waals surface area contributed by atoms with E-state index in [0.29, 0.717) is 0 Å². The molecule has 0 aliphatic rings. The highest BCUT2D eigenvalue weighted by Crippen LogP contribution is 2.26. The Labute approximate surface area is 213 Å². The van der Waals surface area contributed by atoms with Crippen molar-refractivity contribution < 1.29 is 18.9 Å². The zero-order valence-corrected chi connectivity index (χ0v) is 21.0. The van der Waals surface area contributed by atoms with Crippen LogP contribution < -0.4 is 18.9 Å². The smallest absolute Gasteiger partial charge is 0.123 e. The molecule has 0 amide bonds. The molecule has 0 fully saturated rings. The van der Waals surface area contributed by atoms with Gasteiger partial charge in [-0.2, -0.15) is 0 Å². The molecule has 0 bridgehead atoms. The summed E-state index contributed by atoms with van der Waals surface area (Å²) in [5.41, 5.74) is 6.62. The van der Waals surface area contributed by atoms with Crippen molar-refractivity contribution in [2.75, 3.05) is 28.4 Å². The summed E-state index contributed by atoms with van der Waals surface area (Å²) in [7, 11) is 6.62. The molecular formula is C32H30O4. The molecule has 182 valence electrons. The molecule has 4 aromatic rings. The van der Waals surface area contributed by atoms with Crippen LogP contribution >= 0.6 is 0 Å². The molecule has 4 nitrogen and oxygen atoms in total. The molecule has 4 rings (SSSR count). The molecule has 0 aliphatic heterocycles. The SMILES string of the molecule is COc1cc(/C=C\c2ccc(-c3ccc(/C=C\c4cc(OC)cc(OC)c4)cc3)cc2)cc(OC)c1. The maximum Gasteiger partial charge on any atom is 0.123 e. The van der Waals surface area contributed by atoms with E-state index in [1.54, 1.807) is 28.4 Å². The first kappa shape index (κ1) is 24.7. The second-order valence-corrected chi connectivity index (χ2v) is 8.20. The third-order valence-corrected chi connectivity index (χ3v) is 5.84. The highest BCUT2D eigenvalue weighted by Gasteiger charge is 2.02. The Balaban J connectivity index is 1.44. The quantitative estimate of drug-likeness (QED) is 0.231. The standard InChI is InChI=1S/C32H30O4/c1-33-29-17-25(18-30(21-29)34-2)7-5-23-9-13-27(14-10-23)28-15-11-24(12-16-28)6-8-26-19-31(35-3)22-32(20-26)36-4/h5-22H,1-4H3/b7-5-,8-6-. The summed E-state index contributed by atoms with van der Waals surface area (Å²) in [6, 6.07) is 28.7. The number of methoxy groups -OCH3 is 4. The lowest BCUT2D eigenvalue weighted by molar-refractivity contribution is 0.394.